The van der Waals surface area contributed by atoms with Gasteiger partial charge in [-0.25, -0.2) is 0 Å². The Labute approximate surface area is 86.9 Å². The summed E-state index contributed by atoms with van der Waals surface area (Å²) in [6.45, 7) is 4.31. The highest BCUT2D eigenvalue weighted by Crippen LogP contribution is 2.16. The van der Waals surface area contributed by atoms with E-state index in [9.17, 15) is 4.79 Å². The van der Waals surface area contributed by atoms with E-state index in [0.717, 1.165) is 32.1 Å². The van der Waals surface area contributed by atoms with Gasteiger partial charge in [0.1, 0.15) is 0 Å². The van der Waals surface area contributed by atoms with Crippen molar-refractivity contribution >= 4 is 5.91 Å². The van der Waals surface area contributed by atoms with E-state index in [1.54, 1.807) is 0 Å². The number of nitrogens with zero attached hydrogens (tertiary/aromatic N) is 1. The van der Waals surface area contributed by atoms with Crippen LogP contribution in [0, 0.1) is 0 Å². The van der Waals surface area contributed by atoms with Gasteiger partial charge in [0.25, 0.3) is 0 Å². The van der Waals surface area contributed by atoms with Crippen LogP contribution in [0.1, 0.15) is 46.0 Å². The molecule has 1 aliphatic heterocycles. The lowest BCUT2D eigenvalue weighted by Gasteiger charge is -2.17. The molecule has 0 saturated carbocycles. The summed E-state index contributed by atoms with van der Waals surface area (Å²) in [4.78, 5) is 13.6. The van der Waals surface area contributed by atoms with Crippen LogP contribution < -0.4 is 5.32 Å². The fourth-order valence-corrected chi connectivity index (χ4v) is 1.98. The number of hydrogen-bond donors (Lipinski definition) is 1. The lowest BCUT2D eigenvalue weighted by molar-refractivity contribution is -0.128. The number of unbranched alkanes of at least 4 members (excludes halogenated alkanes) is 1. The topological polar surface area (TPSA) is 32.3 Å². The Morgan fingerprint density at radius 1 is 1.29 bits per heavy atom. The predicted octanol–water partition coefficient (Wildman–Crippen LogP) is 1.73. The van der Waals surface area contributed by atoms with Crippen LogP contribution in [0.5, 0.6) is 0 Å². The zero-order chi connectivity index (χ0) is 10.6. The zero-order valence-corrected chi connectivity index (χ0v) is 9.55. The van der Waals surface area contributed by atoms with Gasteiger partial charge in [-0.15, -0.1) is 0 Å². The molecule has 3 nitrogen and oxygen atoms in total. The van der Waals surface area contributed by atoms with Gasteiger partial charge < -0.3 is 4.90 Å². The van der Waals surface area contributed by atoms with Crippen molar-refractivity contribution < 1.29 is 4.79 Å². The quantitative estimate of drug-likeness (QED) is 0.729. The molecule has 1 heterocycles. The van der Waals surface area contributed by atoms with Gasteiger partial charge >= 0.3 is 0 Å². The minimum Gasteiger partial charge on any atom is -0.329 e. The van der Waals surface area contributed by atoms with Crippen molar-refractivity contribution in [1.82, 2.24) is 10.2 Å². The molecule has 82 valence electrons. The van der Waals surface area contributed by atoms with Gasteiger partial charge in [0.05, 0.1) is 12.2 Å². The van der Waals surface area contributed by atoms with E-state index < -0.39 is 0 Å². The maximum atomic E-state index is 11.8. The van der Waals surface area contributed by atoms with Gasteiger partial charge in [-0.3, -0.25) is 10.1 Å². The molecule has 1 N–H and O–H groups in total. The molecule has 1 amide bonds. The van der Waals surface area contributed by atoms with Gasteiger partial charge in [0, 0.05) is 7.05 Å². The third-order valence-corrected chi connectivity index (χ3v) is 2.92. The molecule has 1 saturated heterocycles. The van der Waals surface area contributed by atoms with Crippen LogP contribution in [0.4, 0.5) is 0 Å². The van der Waals surface area contributed by atoms with Gasteiger partial charge in [0.15, 0.2) is 0 Å². The van der Waals surface area contributed by atoms with Crippen molar-refractivity contribution in [2.75, 3.05) is 7.05 Å². The zero-order valence-electron chi connectivity index (χ0n) is 9.55. The molecule has 0 bridgehead atoms. The van der Waals surface area contributed by atoms with Crippen molar-refractivity contribution in [3.8, 4) is 0 Å². The summed E-state index contributed by atoms with van der Waals surface area (Å²) >= 11 is 0. The van der Waals surface area contributed by atoms with Crippen molar-refractivity contribution in [3.05, 3.63) is 0 Å². The highest BCUT2D eigenvalue weighted by Gasteiger charge is 2.34. The molecule has 1 fully saturated rings. The highest BCUT2D eigenvalue weighted by molar-refractivity contribution is 5.83. The SMILES string of the molecule is CCCCC1NC(CCC)N(C)C1=O. The van der Waals surface area contributed by atoms with Crippen LogP contribution in [0.15, 0.2) is 0 Å². The van der Waals surface area contributed by atoms with Gasteiger partial charge in [0.2, 0.25) is 5.91 Å². The third-order valence-electron chi connectivity index (χ3n) is 2.92. The Balaban J connectivity index is 2.44. The summed E-state index contributed by atoms with van der Waals surface area (Å²) in [5.74, 6) is 0.275. The molecule has 2 atom stereocenters. The van der Waals surface area contributed by atoms with E-state index in [1.165, 1.54) is 0 Å². The summed E-state index contributed by atoms with van der Waals surface area (Å²) in [5, 5.41) is 3.40. The molecule has 1 rings (SSSR count). The molecule has 14 heavy (non-hydrogen) atoms. The van der Waals surface area contributed by atoms with Gasteiger partial charge in [-0.1, -0.05) is 33.1 Å². The number of carbonyl (C=O) groups excluding carboxylic acids is 1. The van der Waals surface area contributed by atoms with Crippen LogP contribution >= 0.6 is 0 Å². The van der Waals surface area contributed by atoms with Crippen molar-refractivity contribution in [2.24, 2.45) is 0 Å². The Morgan fingerprint density at radius 3 is 2.57 bits per heavy atom. The smallest absolute Gasteiger partial charge is 0.240 e. The molecule has 0 radical (unpaired) electrons. The summed E-state index contributed by atoms with van der Waals surface area (Å²) < 4.78 is 0. The lowest BCUT2D eigenvalue weighted by atomic mass is 10.1. The van der Waals surface area contributed by atoms with Crippen molar-refractivity contribution in [1.29, 1.82) is 0 Å². The normalized spacial score (nSPS) is 27.4. The van der Waals surface area contributed by atoms with E-state index >= 15 is 0 Å². The van der Waals surface area contributed by atoms with Crippen molar-refractivity contribution in [3.63, 3.8) is 0 Å². The summed E-state index contributed by atoms with van der Waals surface area (Å²) in [5.41, 5.74) is 0. The first kappa shape index (κ1) is 11.5. The van der Waals surface area contributed by atoms with Crippen LogP contribution in [0.3, 0.4) is 0 Å². The van der Waals surface area contributed by atoms with Gasteiger partial charge in [-0.2, -0.15) is 0 Å². The Kier molecular flexibility index (Phi) is 4.39. The highest BCUT2D eigenvalue weighted by atomic mass is 16.2. The molecule has 0 aliphatic carbocycles. The average Bonchev–Trinajstić information content (AvgIpc) is 2.44. The Hall–Kier alpha value is -0.570. The molecular formula is C11H22N2O. The fourth-order valence-electron chi connectivity index (χ4n) is 1.98. The van der Waals surface area contributed by atoms with Crippen molar-refractivity contribution in [2.45, 2.75) is 58.2 Å². The molecule has 0 spiro atoms. The van der Waals surface area contributed by atoms with Crippen LogP contribution in [0.2, 0.25) is 0 Å². The minimum atomic E-state index is 0.0801. The van der Waals surface area contributed by atoms with Crippen LogP contribution in [0.25, 0.3) is 0 Å². The van der Waals surface area contributed by atoms with Gasteiger partial charge in [-0.05, 0) is 12.8 Å². The first-order chi connectivity index (χ1) is 6.70. The van der Waals surface area contributed by atoms with Crippen LogP contribution in [-0.2, 0) is 4.79 Å². The second-order valence-electron chi connectivity index (χ2n) is 4.12. The molecule has 3 heteroatoms. The Morgan fingerprint density at radius 2 is 2.00 bits per heavy atom. The number of likely N-dealkylation sites (N-methyl/N-ethyl adjacent to an activating group) is 1. The number of amides is 1. The Bertz CT molecular complexity index is 194. The predicted molar refractivity (Wildman–Crippen MR) is 57.9 cm³/mol. The number of carbonyl (C=O) groups is 1. The van der Waals surface area contributed by atoms with Crippen LogP contribution in [-0.4, -0.2) is 30.1 Å². The second kappa shape index (κ2) is 5.35. The summed E-state index contributed by atoms with van der Waals surface area (Å²) in [7, 11) is 1.90. The third kappa shape index (κ3) is 2.47. The van der Waals surface area contributed by atoms with E-state index in [2.05, 4.69) is 19.2 Å². The monoisotopic (exact) mass is 198 g/mol. The second-order valence-corrected chi connectivity index (χ2v) is 4.12. The first-order valence-electron chi connectivity index (χ1n) is 5.73. The van der Waals surface area contributed by atoms with E-state index in [0.29, 0.717) is 0 Å². The standard InChI is InChI=1S/C11H22N2O/c1-4-6-8-9-11(14)13(3)10(12-9)7-5-2/h9-10,12H,4-8H2,1-3H3. The molecule has 1 aliphatic rings. The average molecular weight is 198 g/mol. The number of rotatable bonds is 5. The largest absolute Gasteiger partial charge is 0.329 e. The minimum absolute atomic E-state index is 0.0801. The molecule has 2 unspecified atom stereocenters. The number of hydrogen-bond acceptors (Lipinski definition) is 2. The molecule has 0 aromatic rings. The molecule has 0 aromatic heterocycles. The first-order valence-corrected chi connectivity index (χ1v) is 5.73. The molecular weight excluding hydrogens is 176 g/mol. The lowest BCUT2D eigenvalue weighted by Crippen LogP contribution is -2.34. The maximum Gasteiger partial charge on any atom is 0.240 e. The van der Waals surface area contributed by atoms with E-state index in [-0.39, 0.29) is 18.1 Å². The van der Waals surface area contributed by atoms with E-state index in [1.807, 2.05) is 11.9 Å². The summed E-state index contributed by atoms with van der Waals surface area (Å²) in [6.07, 6.45) is 5.74. The maximum absolute atomic E-state index is 11.8. The fraction of sp³-hybridized carbons (Fsp3) is 0.909. The van der Waals surface area contributed by atoms with E-state index in [4.69, 9.17) is 0 Å². The number of nitrogens with one attached hydrogen (secondary N) is 1. The summed E-state index contributed by atoms with van der Waals surface area (Å²) in [6, 6.07) is 0.0801. The molecule has 0 aromatic carbocycles.